The van der Waals surface area contributed by atoms with E-state index in [4.69, 9.17) is 9.40 Å². The fourth-order valence-corrected chi connectivity index (χ4v) is 4.04. The number of hydrogen-bond donors (Lipinski definition) is 1. The maximum Gasteiger partial charge on any atom is 0.154 e. The molecule has 108 valence electrons. The van der Waals surface area contributed by atoms with Crippen LogP contribution >= 0.6 is 27.3 Å². The number of nitrogens with zero attached hydrogens (tertiary/aromatic N) is 1. The van der Waals surface area contributed by atoms with Crippen LogP contribution in [0.25, 0.3) is 22.4 Å². The van der Waals surface area contributed by atoms with E-state index in [1.807, 2.05) is 12.1 Å². The minimum absolute atomic E-state index is 0.593. The summed E-state index contributed by atoms with van der Waals surface area (Å²) in [5.41, 5.74) is 1.85. The molecule has 1 fully saturated rings. The van der Waals surface area contributed by atoms with E-state index in [2.05, 4.69) is 38.8 Å². The lowest BCUT2D eigenvalue weighted by molar-refractivity contribution is 0.600. The first-order valence-corrected chi connectivity index (χ1v) is 8.82. The first-order chi connectivity index (χ1) is 10.3. The summed E-state index contributed by atoms with van der Waals surface area (Å²) in [6.45, 7) is 1.14. The number of benzene rings is 1. The quantitative estimate of drug-likeness (QED) is 0.738. The summed E-state index contributed by atoms with van der Waals surface area (Å²) in [6.07, 6.45) is 3.56. The maximum atomic E-state index is 5.90. The number of furan rings is 1. The molecule has 0 spiro atoms. The molecule has 1 saturated heterocycles. The molecular weight excluding hydrogens is 348 g/mol. The summed E-state index contributed by atoms with van der Waals surface area (Å²) in [5, 5.41) is 7.90. The van der Waals surface area contributed by atoms with Crippen LogP contribution in [-0.2, 0) is 6.42 Å². The summed E-state index contributed by atoms with van der Waals surface area (Å²) in [7, 11) is 0. The standard InChI is InChI=1S/C16H15BrN2OS/c17-11-3-4-14-10(6-11)7-15(20-14)13-9-21-16(19-13)8-12-2-1-5-18-12/h3-4,6-7,9,12,18H,1-2,5,8H2. The largest absolute Gasteiger partial charge is 0.454 e. The molecule has 1 aliphatic rings. The van der Waals surface area contributed by atoms with E-state index >= 15 is 0 Å². The summed E-state index contributed by atoms with van der Waals surface area (Å²) in [6, 6.07) is 8.70. The summed E-state index contributed by atoms with van der Waals surface area (Å²) < 4.78 is 6.96. The molecule has 0 radical (unpaired) electrons. The predicted molar refractivity (Wildman–Crippen MR) is 89.8 cm³/mol. The zero-order valence-electron chi connectivity index (χ0n) is 11.4. The molecule has 0 amide bonds. The third-order valence-electron chi connectivity index (χ3n) is 3.87. The molecule has 3 nitrogen and oxygen atoms in total. The van der Waals surface area contributed by atoms with Crippen LogP contribution in [-0.4, -0.2) is 17.6 Å². The summed E-state index contributed by atoms with van der Waals surface area (Å²) in [4.78, 5) is 4.73. The predicted octanol–water partition coefficient (Wildman–Crippen LogP) is 4.61. The Bertz CT molecular complexity index is 774. The highest BCUT2D eigenvalue weighted by molar-refractivity contribution is 9.10. The molecule has 1 N–H and O–H groups in total. The van der Waals surface area contributed by atoms with Crippen molar-refractivity contribution in [3.8, 4) is 11.5 Å². The van der Waals surface area contributed by atoms with Gasteiger partial charge in [-0.25, -0.2) is 4.98 Å². The van der Waals surface area contributed by atoms with E-state index < -0.39 is 0 Å². The second kappa shape index (κ2) is 5.55. The molecule has 3 aromatic rings. The summed E-state index contributed by atoms with van der Waals surface area (Å²) in [5.74, 6) is 0.852. The Morgan fingerprint density at radius 1 is 1.38 bits per heavy atom. The Balaban J connectivity index is 1.61. The van der Waals surface area contributed by atoms with Gasteiger partial charge in [-0.1, -0.05) is 15.9 Å². The topological polar surface area (TPSA) is 38.1 Å². The van der Waals surface area contributed by atoms with Crippen molar-refractivity contribution in [1.29, 1.82) is 0 Å². The van der Waals surface area contributed by atoms with E-state index in [0.717, 1.165) is 39.9 Å². The van der Waals surface area contributed by atoms with E-state index in [1.54, 1.807) is 11.3 Å². The van der Waals surface area contributed by atoms with Crippen LogP contribution in [0.3, 0.4) is 0 Å². The van der Waals surface area contributed by atoms with Gasteiger partial charge in [0.2, 0.25) is 0 Å². The molecule has 5 heteroatoms. The van der Waals surface area contributed by atoms with Gasteiger partial charge in [-0.2, -0.15) is 0 Å². The van der Waals surface area contributed by atoms with Gasteiger partial charge in [0.15, 0.2) is 5.76 Å². The SMILES string of the molecule is Brc1ccc2oc(-c3csc(CC4CCCN4)n3)cc2c1. The van der Waals surface area contributed by atoms with Crippen LogP contribution < -0.4 is 5.32 Å². The third kappa shape index (κ3) is 2.78. The van der Waals surface area contributed by atoms with Crippen molar-refractivity contribution >= 4 is 38.2 Å². The zero-order valence-corrected chi connectivity index (χ0v) is 13.8. The van der Waals surface area contributed by atoms with Crippen molar-refractivity contribution in [3.63, 3.8) is 0 Å². The number of nitrogens with one attached hydrogen (secondary N) is 1. The molecular formula is C16H15BrN2OS. The molecule has 1 unspecified atom stereocenters. The fourth-order valence-electron chi connectivity index (χ4n) is 2.80. The van der Waals surface area contributed by atoms with Gasteiger partial charge in [-0.3, -0.25) is 0 Å². The van der Waals surface area contributed by atoms with Gasteiger partial charge in [0.25, 0.3) is 0 Å². The van der Waals surface area contributed by atoms with Crippen LogP contribution in [0.5, 0.6) is 0 Å². The molecule has 1 aromatic carbocycles. The number of halogens is 1. The second-order valence-electron chi connectivity index (χ2n) is 5.42. The average Bonchev–Trinajstić information content (AvgIpc) is 3.18. The molecule has 3 heterocycles. The van der Waals surface area contributed by atoms with Gasteiger partial charge in [0.05, 0.1) is 5.01 Å². The van der Waals surface area contributed by atoms with Crippen molar-refractivity contribution in [1.82, 2.24) is 10.3 Å². The first kappa shape index (κ1) is 13.5. The van der Waals surface area contributed by atoms with Crippen LogP contribution in [0, 0.1) is 0 Å². The third-order valence-corrected chi connectivity index (χ3v) is 5.23. The van der Waals surface area contributed by atoms with Gasteiger partial charge < -0.3 is 9.73 Å². The Hall–Kier alpha value is -1.17. The number of hydrogen-bond acceptors (Lipinski definition) is 4. The fraction of sp³-hybridized carbons (Fsp3) is 0.312. The lowest BCUT2D eigenvalue weighted by Gasteiger charge is -2.06. The second-order valence-corrected chi connectivity index (χ2v) is 7.28. The molecule has 1 atom stereocenters. The van der Waals surface area contributed by atoms with E-state index in [0.29, 0.717) is 6.04 Å². The molecule has 0 bridgehead atoms. The number of rotatable bonds is 3. The van der Waals surface area contributed by atoms with Crippen molar-refractivity contribution in [3.05, 3.63) is 39.1 Å². The van der Waals surface area contributed by atoms with Gasteiger partial charge >= 0.3 is 0 Å². The lowest BCUT2D eigenvalue weighted by Crippen LogP contribution is -2.23. The van der Waals surface area contributed by atoms with Crippen molar-refractivity contribution < 1.29 is 4.42 Å². The van der Waals surface area contributed by atoms with Gasteiger partial charge in [-0.15, -0.1) is 11.3 Å². The average molecular weight is 363 g/mol. The molecule has 1 aliphatic heterocycles. The first-order valence-electron chi connectivity index (χ1n) is 7.15. The van der Waals surface area contributed by atoms with Crippen LogP contribution in [0.2, 0.25) is 0 Å². The minimum atomic E-state index is 0.593. The van der Waals surface area contributed by atoms with Gasteiger partial charge in [0.1, 0.15) is 11.3 Å². The molecule has 21 heavy (non-hydrogen) atoms. The van der Waals surface area contributed by atoms with E-state index in [9.17, 15) is 0 Å². The maximum absolute atomic E-state index is 5.90. The molecule has 0 saturated carbocycles. The van der Waals surface area contributed by atoms with Crippen molar-refractivity contribution in [2.75, 3.05) is 6.54 Å². The monoisotopic (exact) mass is 362 g/mol. The lowest BCUT2D eigenvalue weighted by atomic mass is 10.2. The van der Waals surface area contributed by atoms with Crippen LogP contribution in [0.4, 0.5) is 0 Å². The highest BCUT2D eigenvalue weighted by atomic mass is 79.9. The molecule has 0 aliphatic carbocycles. The van der Waals surface area contributed by atoms with Gasteiger partial charge in [0, 0.05) is 27.7 Å². The molecule has 2 aromatic heterocycles. The number of fused-ring (bicyclic) bond motifs is 1. The Kier molecular flexibility index (Phi) is 3.57. The zero-order chi connectivity index (χ0) is 14.2. The number of aromatic nitrogens is 1. The highest BCUT2D eigenvalue weighted by Gasteiger charge is 2.17. The van der Waals surface area contributed by atoms with E-state index in [1.165, 1.54) is 17.8 Å². The minimum Gasteiger partial charge on any atom is -0.454 e. The Morgan fingerprint density at radius 3 is 3.19 bits per heavy atom. The Labute approximate surface area is 135 Å². The van der Waals surface area contributed by atoms with Gasteiger partial charge in [-0.05, 0) is 43.7 Å². The Morgan fingerprint density at radius 2 is 2.33 bits per heavy atom. The number of thiazole rings is 1. The highest BCUT2D eigenvalue weighted by Crippen LogP contribution is 2.30. The van der Waals surface area contributed by atoms with Crippen molar-refractivity contribution in [2.24, 2.45) is 0 Å². The molecule has 4 rings (SSSR count). The van der Waals surface area contributed by atoms with Crippen molar-refractivity contribution in [2.45, 2.75) is 25.3 Å². The van der Waals surface area contributed by atoms with Crippen LogP contribution in [0.1, 0.15) is 17.8 Å². The normalized spacial score (nSPS) is 18.6. The van der Waals surface area contributed by atoms with Crippen LogP contribution in [0.15, 0.2) is 38.5 Å². The smallest absolute Gasteiger partial charge is 0.154 e. The summed E-state index contributed by atoms with van der Waals surface area (Å²) >= 11 is 5.21. The van der Waals surface area contributed by atoms with E-state index in [-0.39, 0.29) is 0 Å².